The monoisotopic (exact) mass is 1180 g/mol. The molecule has 0 radical (unpaired) electrons. The highest BCUT2D eigenvalue weighted by Gasteiger charge is 2.18. The van der Waals surface area contributed by atoms with Crippen molar-refractivity contribution in [2.75, 3.05) is 13.2 Å². The number of aliphatic hydroxyl groups is 2. The molecule has 0 saturated heterocycles. The van der Waals surface area contributed by atoms with Gasteiger partial charge in [0, 0.05) is 12.8 Å². The maximum atomic E-state index is 12.5. The van der Waals surface area contributed by atoms with Crippen LogP contribution in [-0.2, 0) is 14.3 Å². The first-order valence-electron chi connectivity index (χ1n) is 38.3. The molecule has 6 nitrogen and oxygen atoms in total. The van der Waals surface area contributed by atoms with Crippen LogP contribution in [0, 0.1) is 0 Å². The molecule has 0 spiro atoms. The van der Waals surface area contributed by atoms with Gasteiger partial charge in [-0.1, -0.05) is 384 Å². The fraction of sp³-hybridized carbons (Fsp3) is 0.897. The summed E-state index contributed by atoms with van der Waals surface area (Å²) in [6.45, 7) is 4.95. The predicted octanol–water partition coefficient (Wildman–Crippen LogP) is 25.0. The van der Waals surface area contributed by atoms with E-state index in [0.29, 0.717) is 19.4 Å². The summed E-state index contributed by atoms with van der Waals surface area (Å²) < 4.78 is 5.50. The largest absolute Gasteiger partial charge is 0.466 e. The number of carbonyl (C=O) groups excluding carboxylic acids is 2. The molecule has 496 valence electrons. The number of aliphatic hydroxyl groups excluding tert-OH is 2. The van der Waals surface area contributed by atoms with Gasteiger partial charge in [0.15, 0.2) is 0 Å². The fourth-order valence-corrected chi connectivity index (χ4v) is 12.1. The van der Waals surface area contributed by atoms with Crippen LogP contribution in [0.4, 0.5) is 0 Å². The lowest BCUT2D eigenvalue weighted by Gasteiger charge is -2.20. The number of amides is 1. The Morgan fingerprint density at radius 2 is 0.595 bits per heavy atom. The third kappa shape index (κ3) is 69.2. The summed E-state index contributed by atoms with van der Waals surface area (Å²) in [5, 5.41) is 23.3. The van der Waals surface area contributed by atoms with E-state index < -0.39 is 12.1 Å². The second kappa shape index (κ2) is 73.5. The van der Waals surface area contributed by atoms with E-state index in [4.69, 9.17) is 4.74 Å². The van der Waals surface area contributed by atoms with Gasteiger partial charge in [-0.3, -0.25) is 9.59 Å². The Labute approximate surface area is 525 Å². The minimum Gasteiger partial charge on any atom is -0.466 e. The number of rotatable bonds is 72. The van der Waals surface area contributed by atoms with Gasteiger partial charge in [0.05, 0.1) is 25.4 Å². The lowest BCUT2D eigenvalue weighted by Crippen LogP contribution is -2.45. The van der Waals surface area contributed by atoms with Gasteiger partial charge in [0.2, 0.25) is 5.91 Å². The van der Waals surface area contributed by atoms with Gasteiger partial charge in [-0.05, 0) is 64.2 Å². The van der Waals surface area contributed by atoms with Crippen molar-refractivity contribution in [2.45, 2.75) is 437 Å². The second-order valence-corrected chi connectivity index (χ2v) is 26.3. The zero-order valence-corrected chi connectivity index (χ0v) is 56.9. The highest BCUT2D eigenvalue weighted by atomic mass is 16.5. The first-order chi connectivity index (χ1) is 41.5. The van der Waals surface area contributed by atoms with Crippen LogP contribution in [0.3, 0.4) is 0 Å². The normalized spacial score (nSPS) is 12.7. The van der Waals surface area contributed by atoms with Crippen LogP contribution >= 0.6 is 0 Å². The highest BCUT2D eigenvalue weighted by Crippen LogP contribution is 2.19. The summed E-state index contributed by atoms with van der Waals surface area (Å²) >= 11 is 0. The standard InChI is InChI=1S/C78H149NO5/c1-3-5-7-9-11-13-15-17-19-20-21-33-36-39-43-46-50-54-58-62-66-70-76(81)75(74-80)79-77(82)71-67-63-59-55-51-47-44-40-37-34-31-29-27-25-23-22-24-26-28-30-32-35-38-41-45-49-53-57-61-65-69-73-84-78(83)72-68-64-60-56-52-48-42-18-16-14-12-10-8-6-4-2/h24,26,30,32,66,70,75-76,80-81H,3-23,25,27-29,31,33-65,67-69,71-74H2,1-2H3,(H,79,82)/b26-24-,32-30-,70-66+. The van der Waals surface area contributed by atoms with Crippen molar-refractivity contribution in [3.8, 4) is 0 Å². The Morgan fingerprint density at radius 1 is 0.333 bits per heavy atom. The van der Waals surface area contributed by atoms with Crippen molar-refractivity contribution in [3.63, 3.8) is 0 Å². The van der Waals surface area contributed by atoms with Gasteiger partial charge in [-0.2, -0.15) is 0 Å². The number of carbonyl (C=O) groups is 2. The van der Waals surface area contributed by atoms with Crippen LogP contribution in [0.15, 0.2) is 36.5 Å². The molecule has 0 saturated carbocycles. The quantitative estimate of drug-likeness (QED) is 0.0320. The minimum absolute atomic E-state index is 0.0165. The van der Waals surface area contributed by atoms with Crippen molar-refractivity contribution >= 4 is 11.9 Å². The third-order valence-electron chi connectivity index (χ3n) is 17.9. The SMILES string of the molecule is CCCCCCCCCCCCCCCCCCCCC/C=C/C(O)C(CO)NC(=O)CCCCCCCCCCCCCCCCC/C=C\C/C=C\CCCCCCCCCCCOC(=O)CCCCCCCCCCCCCCCCC. The number of unbranched alkanes of at least 4 members (excludes halogenated alkanes) is 57. The molecule has 0 aliphatic heterocycles. The number of nitrogens with one attached hydrogen (secondary N) is 1. The fourth-order valence-electron chi connectivity index (χ4n) is 12.1. The topological polar surface area (TPSA) is 95.9 Å². The van der Waals surface area contributed by atoms with E-state index in [2.05, 4.69) is 43.5 Å². The molecular weight excluding hydrogens is 1030 g/mol. The van der Waals surface area contributed by atoms with Crippen LogP contribution < -0.4 is 5.32 Å². The van der Waals surface area contributed by atoms with E-state index in [-0.39, 0.29) is 18.5 Å². The summed E-state index contributed by atoms with van der Waals surface area (Å²) in [4.78, 5) is 24.6. The van der Waals surface area contributed by atoms with Crippen molar-refractivity contribution in [3.05, 3.63) is 36.5 Å². The highest BCUT2D eigenvalue weighted by molar-refractivity contribution is 5.76. The Kier molecular flexibility index (Phi) is 71.9. The Bertz CT molecular complexity index is 1360. The molecule has 2 unspecified atom stereocenters. The molecule has 0 heterocycles. The molecule has 1 amide bonds. The maximum absolute atomic E-state index is 12.5. The number of hydrogen-bond acceptors (Lipinski definition) is 5. The van der Waals surface area contributed by atoms with Gasteiger partial charge < -0.3 is 20.3 Å². The molecule has 0 bridgehead atoms. The average molecular weight is 1180 g/mol. The Balaban J connectivity index is 3.41. The third-order valence-corrected chi connectivity index (χ3v) is 17.9. The number of hydrogen-bond donors (Lipinski definition) is 3. The van der Waals surface area contributed by atoms with Crippen LogP contribution in [0.5, 0.6) is 0 Å². The smallest absolute Gasteiger partial charge is 0.305 e. The Morgan fingerprint density at radius 3 is 0.905 bits per heavy atom. The van der Waals surface area contributed by atoms with E-state index in [0.717, 1.165) is 44.9 Å². The van der Waals surface area contributed by atoms with Crippen molar-refractivity contribution in [1.82, 2.24) is 5.32 Å². The molecule has 0 rings (SSSR count). The molecule has 6 heteroatoms. The molecule has 0 aromatic heterocycles. The van der Waals surface area contributed by atoms with Crippen LogP contribution in [0.25, 0.3) is 0 Å². The van der Waals surface area contributed by atoms with Gasteiger partial charge in [0.25, 0.3) is 0 Å². The molecule has 0 aromatic rings. The number of ether oxygens (including phenoxy) is 1. The molecule has 0 aromatic carbocycles. The first kappa shape index (κ1) is 82.1. The lowest BCUT2D eigenvalue weighted by atomic mass is 10.0. The van der Waals surface area contributed by atoms with Crippen LogP contribution in [-0.4, -0.2) is 47.4 Å². The molecule has 0 fully saturated rings. The number of allylic oxidation sites excluding steroid dienone is 5. The summed E-state index contributed by atoms with van der Waals surface area (Å²) in [5.74, 6) is -0.0467. The second-order valence-electron chi connectivity index (χ2n) is 26.3. The van der Waals surface area contributed by atoms with E-state index >= 15 is 0 Å². The van der Waals surface area contributed by atoms with E-state index in [1.165, 1.54) is 353 Å². The molecule has 2 atom stereocenters. The summed E-state index contributed by atoms with van der Waals surface area (Å²) in [6, 6.07) is -0.629. The molecule has 3 N–H and O–H groups in total. The zero-order valence-electron chi connectivity index (χ0n) is 56.9. The summed E-state index contributed by atoms with van der Waals surface area (Å²) in [7, 11) is 0. The van der Waals surface area contributed by atoms with E-state index in [1.54, 1.807) is 6.08 Å². The van der Waals surface area contributed by atoms with Gasteiger partial charge in [0.1, 0.15) is 0 Å². The predicted molar refractivity (Wildman–Crippen MR) is 370 cm³/mol. The summed E-state index contributed by atoms with van der Waals surface area (Å²) in [5.41, 5.74) is 0. The molecular formula is C78H149NO5. The van der Waals surface area contributed by atoms with Crippen LogP contribution in [0.2, 0.25) is 0 Å². The lowest BCUT2D eigenvalue weighted by molar-refractivity contribution is -0.143. The maximum Gasteiger partial charge on any atom is 0.305 e. The summed E-state index contributed by atoms with van der Waals surface area (Å²) in [6.07, 6.45) is 95.3. The van der Waals surface area contributed by atoms with Crippen molar-refractivity contribution in [1.29, 1.82) is 0 Å². The van der Waals surface area contributed by atoms with E-state index in [9.17, 15) is 19.8 Å². The average Bonchev–Trinajstić information content (AvgIpc) is 3.53. The van der Waals surface area contributed by atoms with Crippen molar-refractivity contribution in [2.24, 2.45) is 0 Å². The zero-order chi connectivity index (χ0) is 60.6. The Hall–Kier alpha value is -1.92. The molecule has 84 heavy (non-hydrogen) atoms. The minimum atomic E-state index is -0.845. The number of esters is 1. The van der Waals surface area contributed by atoms with Gasteiger partial charge in [-0.15, -0.1) is 0 Å². The van der Waals surface area contributed by atoms with Crippen LogP contribution in [0.1, 0.15) is 425 Å². The van der Waals surface area contributed by atoms with Gasteiger partial charge in [-0.25, -0.2) is 0 Å². The van der Waals surface area contributed by atoms with E-state index in [1.807, 2.05) is 6.08 Å². The molecule has 0 aliphatic carbocycles. The van der Waals surface area contributed by atoms with Crippen molar-refractivity contribution < 1.29 is 24.5 Å². The van der Waals surface area contributed by atoms with Gasteiger partial charge >= 0.3 is 5.97 Å². The molecule has 0 aliphatic rings. The first-order valence-corrected chi connectivity index (χ1v) is 38.3.